The number of rotatable bonds is 5. The molecule has 5 nitrogen and oxygen atoms in total. The quantitative estimate of drug-likeness (QED) is 0.448. The number of nitro groups is 1. The summed E-state index contributed by atoms with van der Waals surface area (Å²) >= 11 is 1.15. The third kappa shape index (κ3) is 3.10. The Labute approximate surface area is 79.4 Å². The van der Waals surface area contributed by atoms with Crippen molar-refractivity contribution >= 4 is 16.3 Å². The monoisotopic (exact) mass is 202 g/mol. The first kappa shape index (κ1) is 10.1. The fourth-order valence-electron chi connectivity index (χ4n) is 0.784. The highest BCUT2D eigenvalue weighted by molar-refractivity contribution is 7.15. The van der Waals surface area contributed by atoms with E-state index < -0.39 is 4.92 Å². The van der Waals surface area contributed by atoms with Crippen LogP contribution in [0.4, 0.5) is 5.00 Å². The van der Waals surface area contributed by atoms with Gasteiger partial charge in [-0.05, 0) is 13.0 Å². The second kappa shape index (κ2) is 4.90. The summed E-state index contributed by atoms with van der Waals surface area (Å²) in [4.78, 5) is 15.7. The van der Waals surface area contributed by atoms with E-state index in [1.165, 1.54) is 6.07 Å². The minimum absolute atomic E-state index is 0.160. The Morgan fingerprint density at radius 2 is 2.46 bits per heavy atom. The summed E-state index contributed by atoms with van der Waals surface area (Å²) in [5.41, 5.74) is 2.69. The van der Waals surface area contributed by atoms with E-state index in [4.69, 9.17) is 4.84 Å². The molecule has 0 aliphatic carbocycles. The second-order valence-corrected chi connectivity index (χ2v) is 3.40. The lowest BCUT2D eigenvalue weighted by Crippen LogP contribution is -2.12. The van der Waals surface area contributed by atoms with E-state index in [9.17, 15) is 10.1 Å². The number of hydrogen-bond donors (Lipinski definition) is 1. The molecule has 1 aromatic rings. The molecule has 0 saturated heterocycles. The molecule has 0 radical (unpaired) electrons. The largest absolute Gasteiger partial charge is 0.324 e. The van der Waals surface area contributed by atoms with Gasteiger partial charge >= 0.3 is 5.00 Å². The lowest BCUT2D eigenvalue weighted by molar-refractivity contribution is -0.380. The standard InChI is InChI=1S/C7H10N2O3S/c1-2-12-8-5-6-3-4-7(13-6)9(10)11/h3-4,8H,2,5H2,1H3. The van der Waals surface area contributed by atoms with Gasteiger partial charge in [-0.1, -0.05) is 11.3 Å². The van der Waals surface area contributed by atoms with Gasteiger partial charge in [0.05, 0.1) is 18.1 Å². The average molecular weight is 202 g/mol. The first-order valence-electron chi connectivity index (χ1n) is 3.81. The Kier molecular flexibility index (Phi) is 3.81. The van der Waals surface area contributed by atoms with Crippen LogP contribution in [0, 0.1) is 10.1 Å². The van der Waals surface area contributed by atoms with Gasteiger partial charge in [-0.3, -0.25) is 10.1 Å². The number of hydrogen-bond acceptors (Lipinski definition) is 5. The van der Waals surface area contributed by atoms with E-state index in [1.54, 1.807) is 6.07 Å². The summed E-state index contributed by atoms with van der Waals surface area (Å²) < 4.78 is 0. The first-order valence-corrected chi connectivity index (χ1v) is 4.63. The summed E-state index contributed by atoms with van der Waals surface area (Å²) in [5.74, 6) is 0. The van der Waals surface area contributed by atoms with Gasteiger partial charge in [0.15, 0.2) is 0 Å². The zero-order chi connectivity index (χ0) is 9.68. The van der Waals surface area contributed by atoms with Crippen LogP contribution in [0.2, 0.25) is 0 Å². The van der Waals surface area contributed by atoms with Crippen LogP contribution >= 0.6 is 11.3 Å². The number of hydroxylamine groups is 1. The minimum Gasteiger partial charge on any atom is -0.302 e. The van der Waals surface area contributed by atoms with Gasteiger partial charge in [0, 0.05) is 10.9 Å². The smallest absolute Gasteiger partial charge is 0.302 e. The van der Waals surface area contributed by atoms with Crippen molar-refractivity contribution in [3.8, 4) is 0 Å². The van der Waals surface area contributed by atoms with E-state index in [1.807, 2.05) is 6.92 Å². The zero-order valence-electron chi connectivity index (χ0n) is 7.15. The molecule has 0 fully saturated rings. The molecule has 0 spiro atoms. The first-order chi connectivity index (χ1) is 6.24. The fraction of sp³-hybridized carbons (Fsp3) is 0.429. The van der Waals surface area contributed by atoms with E-state index in [2.05, 4.69) is 5.48 Å². The Hall–Kier alpha value is -0.980. The predicted molar refractivity (Wildman–Crippen MR) is 49.4 cm³/mol. The van der Waals surface area contributed by atoms with Crippen LogP contribution in [0.3, 0.4) is 0 Å². The third-order valence-electron chi connectivity index (χ3n) is 1.32. The normalized spacial score (nSPS) is 10.2. The number of thiophene rings is 1. The summed E-state index contributed by atoms with van der Waals surface area (Å²) in [6.45, 7) is 2.95. The van der Waals surface area contributed by atoms with Crippen molar-refractivity contribution in [2.45, 2.75) is 13.5 Å². The highest BCUT2D eigenvalue weighted by Crippen LogP contribution is 2.23. The van der Waals surface area contributed by atoms with Crippen molar-refractivity contribution in [2.75, 3.05) is 6.61 Å². The molecule has 0 aliphatic rings. The van der Waals surface area contributed by atoms with Gasteiger partial charge in [0.1, 0.15) is 0 Å². The number of nitrogens with one attached hydrogen (secondary N) is 1. The maximum absolute atomic E-state index is 10.3. The van der Waals surface area contributed by atoms with Gasteiger partial charge in [0.25, 0.3) is 0 Å². The van der Waals surface area contributed by atoms with Crippen molar-refractivity contribution in [3.05, 3.63) is 27.1 Å². The highest BCUT2D eigenvalue weighted by atomic mass is 32.1. The average Bonchev–Trinajstić information content (AvgIpc) is 2.53. The Morgan fingerprint density at radius 3 is 3.00 bits per heavy atom. The molecular formula is C7H10N2O3S. The molecule has 0 saturated carbocycles. The topological polar surface area (TPSA) is 64.4 Å². The van der Waals surface area contributed by atoms with Crippen LogP contribution < -0.4 is 5.48 Å². The summed E-state index contributed by atoms with van der Waals surface area (Å²) in [6, 6.07) is 3.21. The van der Waals surface area contributed by atoms with Crippen molar-refractivity contribution < 1.29 is 9.76 Å². The van der Waals surface area contributed by atoms with E-state index in [0.29, 0.717) is 13.2 Å². The van der Waals surface area contributed by atoms with Crippen LogP contribution in [-0.4, -0.2) is 11.5 Å². The molecule has 0 unspecified atom stereocenters. The Balaban J connectivity index is 2.44. The molecule has 0 aromatic carbocycles. The second-order valence-electron chi connectivity index (χ2n) is 2.25. The van der Waals surface area contributed by atoms with Gasteiger partial charge in [-0.25, -0.2) is 0 Å². The van der Waals surface area contributed by atoms with E-state index in [-0.39, 0.29) is 5.00 Å². The van der Waals surface area contributed by atoms with Crippen LogP contribution in [0.1, 0.15) is 11.8 Å². The summed E-state index contributed by atoms with van der Waals surface area (Å²) in [6.07, 6.45) is 0. The van der Waals surface area contributed by atoms with Crippen molar-refractivity contribution in [2.24, 2.45) is 0 Å². The molecule has 1 heterocycles. The molecule has 13 heavy (non-hydrogen) atoms. The van der Waals surface area contributed by atoms with Crippen molar-refractivity contribution in [3.63, 3.8) is 0 Å². The lowest BCUT2D eigenvalue weighted by atomic mass is 10.5. The van der Waals surface area contributed by atoms with Gasteiger partial charge in [-0.2, -0.15) is 5.48 Å². The van der Waals surface area contributed by atoms with Crippen LogP contribution in [0.15, 0.2) is 12.1 Å². The summed E-state index contributed by atoms with van der Waals surface area (Å²) in [5, 5.41) is 10.5. The highest BCUT2D eigenvalue weighted by Gasteiger charge is 2.08. The maximum atomic E-state index is 10.3. The molecular weight excluding hydrogens is 192 g/mol. The van der Waals surface area contributed by atoms with Crippen molar-refractivity contribution in [1.29, 1.82) is 0 Å². The van der Waals surface area contributed by atoms with Crippen LogP contribution in [-0.2, 0) is 11.4 Å². The molecule has 0 atom stereocenters. The molecule has 72 valence electrons. The lowest BCUT2D eigenvalue weighted by Gasteiger charge is -1.99. The molecule has 0 bridgehead atoms. The maximum Gasteiger partial charge on any atom is 0.324 e. The minimum atomic E-state index is -0.394. The fourth-order valence-corrected chi connectivity index (χ4v) is 1.53. The molecule has 1 rings (SSSR count). The summed E-state index contributed by atoms with van der Waals surface area (Å²) in [7, 11) is 0. The predicted octanol–water partition coefficient (Wildman–Crippen LogP) is 1.70. The molecule has 1 N–H and O–H groups in total. The molecule has 0 amide bonds. The Bertz CT molecular complexity index is 287. The Morgan fingerprint density at radius 1 is 1.69 bits per heavy atom. The van der Waals surface area contributed by atoms with Crippen LogP contribution in [0.25, 0.3) is 0 Å². The third-order valence-corrected chi connectivity index (χ3v) is 2.36. The van der Waals surface area contributed by atoms with Crippen LogP contribution in [0.5, 0.6) is 0 Å². The zero-order valence-corrected chi connectivity index (χ0v) is 7.97. The van der Waals surface area contributed by atoms with Gasteiger partial charge in [-0.15, -0.1) is 0 Å². The molecule has 0 aliphatic heterocycles. The SMILES string of the molecule is CCONCc1ccc([N+](=O)[O-])s1. The van der Waals surface area contributed by atoms with Gasteiger partial charge in [0.2, 0.25) is 0 Å². The molecule has 1 aromatic heterocycles. The molecule has 6 heteroatoms. The number of nitrogens with zero attached hydrogens (tertiary/aromatic N) is 1. The van der Waals surface area contributed by atoms with Gasteiger partial charge < -0.3 is 4.84 Å². The van der Waals surface area contributed by atoms with Crippen molar-refractivity contribution in [1.82, 2.24) is 5.48 Å². The van der Waals surface area contributed by atoms with E-state index in [0.717, 1.165) is 16.2 Å². The van der Waals surface area contributed by atoms with E-state index >= 15 is 0 Å².